The number of rotatable bonds is 5. The summed E-state index contributed by atoms with van der Waals surface area (Å²) in [6.07, 6.45) is 1.18. The summed E-state index contributed by atoms with van der Waals surface area (Å²) in [5.74, 6) is 2.62. The summed E-state index contributed by atoms with van der Waals surface area (Å²) in [5, 5.41) is 0. The standard InChI is InChI=1S/C22H26N6O2S2/c1-13-10-14(2)12-27(11-13)20-24-18-17(19(29)25-21(30)26(18)3)28(20)8-9-31-22-23-15-6-4-5-7-16(15)32-22/h4-7,13-14H,8-12H2,1-3H3,(H,25,29,30). The van der Waals surface area contributed by atoms with Crippen LogP contribution in [0.2, 0.25) is 0 Å². The summed E-state index contributed by atoms with van der Waals surface area (Å²) in [4.78, 5) is 39.2. The molecule has 2 atom stereocenters. The molecule has 2 unspecified atom stereocenters. The van der Waals surface area contributed by atoms with Gasteiger partial charge in [-0.3, -0.25) is 14.3 Å². The van der Waals surface area contributed by atoms with E-state index in [1.807, 2.05) is 22.8 Å². The van der Waals surface area contributed by atoms with Gasteiger partial charge in [-0.1, -0.05) is 37.7 Å². The molecule has 3 aromatic heterocycles. The third-order valence-electron chi connectivity index (χ3n) is 5.95. The van der Waals surface area contributed by atoms with Crippen LogP contribution in [-0.4, -0.2) is 42.9 Å². The zero-order valence-corrected chi connectivity index (χ0v) is 20.0. The van der Waals surface area contributed by atoms with Crippen LogP contribution in [-0.2, 0) is 13.6 Å². The van der Waals surface area contributed by atoms with Gasteiger partial charge in [-0.05, 0) is 30.4 Å². The van der Waals surface area contributed by atoms with Crippen molar-refractivity contribution < 1.29 is 0 Å². The SMILES string of the molecule is CC1CC(C)CN(c2nc3c(c(=O)[nH]c(=O)n3C)n2CCSc2nc3ccccc3s2)C1. The molecule has 32 heavy (non-hydrogen) atoms. The number of hydrogen-bond acceptors (Lipinski definition) is 7. The van der Waals surface area contributed by atoms with Gasteiger partial charge >= 0.3 is 5.69 Å². The van der Waals surface area contributed by atoms with Crippen LogP contribution >= 0.6 is 23.1 Å². The number of nitrogens with one attached hydrogen (secondary N) is 1. The van der Waals surface area contributed by atoms with Crippen LogP contribution in [0.15, 0.2) is 38.2 Å². The molecule has 4 aromatic rings. The molecule has 8 nitrogen and oxygen atoms in total. The number of para-hydroxylation sites is 1. The van der Waals surface area contributed by atoms with Crippen molar-refractivity contribution in [2.75, 3.05) is 23.7 Å². The van der Waals surface area contributed by atoms with Gasteiger partial charge in [0, 0.05) is 32.4 Å². The third-order valence-corrected chi connectivity index (χ3v) is 8.11. The lowest BCUT2D eigenvalue weighted by Crippen LogP contribution is -2.40. The van der Waals surface area contributed by atoms with E-state index in [1.54, 1.807) is 30.1 Å². The smallest absolute Gasteiger partial charge is 0.329 e. The Morgan fingerprint density at radius 3 is 2.66 bits per heavy atom. The van der Waals surface area contributed by atoms with E-state index in [0.717, 1.165) is 34.6 Å². The molecule has 1 aromatic carbocycles. The third kappa shape index (κ3) is 3.86. The predicted molar refractivity (Wildman–Crippen MR) is 131 cm³/mol. The molecule has 5 rings (SSSR count). The number of nitrogens with zero attached hydrogens (tertiary/aromatic N) is 5. The quantitative estimate of drug-likeness (QED) is 0.450. The van der Waals surface area contributed by atoms with E-state index >= 15 is 0 Å². The fourth-order valence-corrected chi connectivity index (χ4v) is 6.70. The number of thiazole rings is 1. The van der Waals surface area contributed by atoms with E-state index in [-0.39, 0.29) is 5.56 Å². The van der Waals surface area contributed by atoms with Crippen molar-refractivity contribution in [1.29, 1.82) is 0 Å². The molecule has 4 heterocycles. The average molecular weight is 471 g/mol. The number of H-pyrrole nitrogens is 1. The largest absolute Gasteiger partial charge is 0.342 e. The molecular weight excluding hydrogens is 444 g/mol. The highest BCUT2D eigenvalue weighted by atomic mass is 32.2. The number of benzene rings is 1. The number of hydrogen-bond donors (Lipinski definition) is 1. The lowest BCUT2D eigenvalue weighted by Gasteiger charge is -2.35. The predicted octanol–water partition coefficient (Wildman–Crippen LogP) is 3.31. The number of fused-ring (bicyclic) bond motifs is 2. The van der Waals surface area contributed by atoms with Crippen LogP contribution in [0.3, 0.4) is 0 Å². The maximum absolute atomic E-state index is 12.8. The van der Waals surface area contributed by atoms with E-state index in [9.17, 15) is 9.59 Å². The first-order valence-electron chi connectivity index (χ1n) is 10.8. The first-order valence-corrected chi connectivity index (χ1v) is 12.6. The molecule has 0 saturated carbocycles. The number of thioether (sulfide) groups is 1. The topological polar surface area (TPSA) is 88.8 Å². The summed E-state index contributed by atoms with van der Waals surface area (Å²) >= 11 is 3.36. The first-order chi connectivity index (χ1) is 15.4. The Morgan fingerprint density at radius 2 is 1.91 bits per heavy atom. The molecule has 0 amide bonds. The van der Waals surface area contributed by atoms with Crippen molar-refractivity contribution in [3.8, 4) is 0 Å². The van der Waals surface area contributed by atoms with E-state index in [1.165, 1.54) is 15.7 Å². The molecule has 1 aliphatic rings. The van der Waals surface area contributed by atoms with Crippen LogP contribution in [0.1, 0.15) is 20.3 Å². The number of aromatic amines is 1. The Labute approximate surface area is 193 Å². The number of aromatic nitrogens is 5. The fourth-order valence-electron chi connectivity index (χ4n) is 4.64. The van der Waals surface area contributed by atoms with E-state index in [4.69, 9.17) is 9.97 Å². The van der Waals surface area contributed by atoms with Crippen molar-refractivity contribution in [2.24, 2.45) is 18.9 Å². The van der Waals surface area contributed by atoms with Gasteiger partial charge in [-0.2, -0.15) is 4.98 Å². The molecule has 10 heteroatoms. The molecule has 168 valence electrons. The molecule has 0 radical (unpaired) electrons. The highest BCUT2D eigenvalue weighted by Crippen LogP contribution is 2.31. The Bertz CT molecular complexity index is 1360. The molecule has 1 fully saturated rings. The highest BCUT2D eigenvalue weighted by molar-refractivity contribution is 8.01. The van der Waals surface area contributed by atoms with Crippen LogP contribution in [0.4, 0.5) is 5.95 Å². The van der Waals surface area contributed by atoms with Crippen LogP contribution in [0, 0.1) is 11.8 Å². The summed E-state index contributed by atoms with van der Waals surface area (Å²) in [7, 11) is 1.65. The number of imidazole rings is 1. The second-order valence-corrected chi connectivity index (χ2v) is 11.1. The molecule has 1 aliphatic heterocycles. The van der Waals surface area contributed by atoms with Gasteiger partial charge < -0.3 is 9.47 Å². The van der Waals surface area contributed by atoms with Crippen molar-refractivity contribution >= 4 is 50.4 Å². The lowest BCUT2D eigenvalue weighted by atomic mass is 9.92. The van der Waals surface area contributed by atoms with Gasteiger partial charge in [0.1, 0.15) is 0 Å². The molecule has 1 N–H and O–H groups in total. The van der Waals surface area contributed by atoms with E-state index < -0.39 is 5.69 Å². The summed E-state index contributed by atoms with van der Waals surface area (Å²) in [5.41, 5.74) is 1.08. The van der Waals surface area contributed by atoms with Crippen molar-refractivity contribution in [1.82, 2.24) is 24.1 Å². The van der Waals surface area contributed by atoms with Gasteiger partial charge in [0.05, 0.1) is 10.2 Å². The molecule has 0 spiro atoms. The second kappa shape index (κ2) is 8.40. The minimum absolute atomic E-state index is 0.384. The van der Waals surface area contributed by atoms with Gasteiger partial charge in [0.15, 0.2) is 15.5 Å². The Hall–Kier alpha value is -2.59. The van der Waals surface area contributed by atoms with E-state index in [0.29, 0.717) is 29.5 Å². The zero-order valence-electron chi connectivity index (χ0n) is 18.4. The molecule has 0 aliphatic carbocycles. The summed E-state index contributed by atoms with van der Waals surface area (Å²) < 4.78 is 5.60. The summed E-state index contributed by atoms with van der Waals surface area (Å²) in [6.45, 7) is 6.89. The number of anilines is 1. The highest BCUT2D eigenvalue weighted by Gasteiger charge is 2.27. The molecule has 1 saturated heterocycles. The maximum Gasteiger partial charge on any atom is 0.329 e. The minimum atomic E-state index is -0.442. The number of aryl methyl sites for hydroxylation is 2. The fraction of sp³-hybridized carbons (Fsp3) is 0.455. The van der Waals surface area contributed by atoms with Crippen LogP contribution in [0.5, 0.6) is 0 Å². The van der Waals surface area contributed by atoms with Crippen LogP contribution in [0.25, 0.3) is 21.4 Å². The van der Waals surface area contributed by atoms with Gasteiger partial charge in [-0.15, -0.1) is 11.3 Å². The summed E-state index contributed by atoms with van der Waals surface area (Å²) in [6, 6.07) is 8.13. The maximum atomic E-state index is 12.8. The zero-order chi connectivity index (χ0) is 22.4. The monoisotopic (exact) mass is 470 g/mol. The number of piperidine rings is 1. The normalized spacial score (nSPS) is 19.3. The van der Waals surface area contributed by atoms with Gasteiger partial charge in [-0.25, -0.2) is 9.78 Å². The average Bonchev–Trinajstić information content (AvgIpc) is 3.33. The molecular formula is C22H26N6O2S2. The molecule has 0 bridgehead atoms. The van der Waals surface area contributed by atoms with E-state index in [2.05, 4.69) is 29.8 Å². The lowest BCUT2D eigenvalue weighted by molar-refractivity contribution is 0.352. The van der Waals surface area contributed by atoms with Crippen molar-refractivity contribution in [3.63, 3.8) is 0 Å². The Balaban J connectivity index is 1.50. The Kier molecular flexibility index (Phi) is 5.58. The first kappa shape index (κ1) is 21.3. The van der Waals surface area contributed by atoms with Crippen molar-refractivity contribution in [2.45, 2.75) is 31.2 Å². The Morgan fingerprint density at radius 1 is 1.16 bits per heavy atom. The van der Waals surface area contributed by atoms with Gasteiger partial charge in [0.25, 0.3) is 5.56 Å². The second-order valence-electron chi connectivity index (χ2n) is 8.70. The van der Waals surface area contributed by atoms with Crippen molar-refractivity contribution in [3.05, 3.63) is 45.1 Å². The van der Waals surface area contributed by atoms with Crippen LogP contribution < -0.4 is 16.1 Å². The minimum Gasteiger partial charge on any atom is -0.342 e. The van der Waals surface area contributed by atoms with Gasteiger partial charge in [0.2, 0.25) is 5.95 Å².